The second kappa shape index (κ2) is 6.24. The van der Waals surface area contributed by atoms with E-state index in [1.165, 1.54) is 31.2 Å². The monoisotopic (exact) mass is 328 g/mol. The number of rotatable bonds is 2. The Morgan fingerprint density at radius 2 is 1.42 bits per heavy atom. The highest BCUT2D eigenvalue weighted by molar-refractivity contribution is 5.51. The Bertz CT molecular complexity index is 567. The first kappa shape index (κ1) is 19.1. The molecule has 1 aromatic carbocycles. The van der Waals surface area contributed by atoms with Gasteiger partial charge in [-0.05, 0) is 64.5 Å². The van der Waals surface area contributed by atoms with Crippen LogP contribution in [0, 0.1) is 5.92 Å². The molecule has 0 bridgehead atoms. The minimum Gasteiger partial charge on any atom is -0.507 e. The van der Waals surface area contributed by atoms with Gasteiger partial charge >= 0.3 is 0 Å². The van der Waals surface area contributed by atoms with Gasteiger partial charge in [-0.15, -0.1) is 6.58 Å². The summed E-state index contributed by atoms with van der Waals surface area (Å²) < 4.78 is 0. The van der Waals surface area contributed by atoms with Gasteiger partial charge in [0.1, 0.15) is 5.75 Å². The van der Waals surface area contributed by atoms with Crippen molar-refractivity contribution in [3.05, 3.63) is 41.5 Å². The molecule has 1 saturated carbocycles. The summed E-state index contributed by atoms with van der Waals surface area (Å²) in [5.41, 5.74) is 3.64. The standard InChI is InChI=1S/C23H36O/c1-9-16-10-12-23(8,13-11-16)17-14-18(21(2,3)4)20(24)19(15-17)22(5,6)7/h9,14-16,24H,1,10-13H2,2-8H3. The first-order valence-corrected chi connectivity index (χ1v) is 9.39. The summed E-state index contributed by atoms with van der Waals surface area (Å²) in [6.45, 7) is 19.5. The Morgan fingerprint density at radius 1 is 1.00 bits per heavy atom. The molecule has 2 rings (SSSR count). The minimum absolute atomic E-state index is 0.0607. The largest absolute Gasteiger partial charge is 0.507 e. The van der Waals surface area contributed by atoms with Crippen molar-refractivity contribution in [3.8, 4) is 5.75 Å². The van der Waals surface area contributed by atoms with E-state index in [1.807, 2.05) is 0 Å². The van der Waals surface area contributed by atoms with Crippen LogP contribution in [0.5, 0.6) is 5.75 Å². The molecule has 1 aliphatic rings. The fourth-order valence-electron chi connectivity index (χ4n) is 3.93. The van der Waals surface area contributed by atoms with E-state index in [2.05, 4.69) is 73.3 Å². The highest BCUT2D eigenvalue weighted by Gasteiger charge is 2.35. The predicted molar refractivity (Wildman–Crippen MR) is 105 cm³/mol. The maximum absolute atomic E-state index is 10.9. The quantitative estimate of drug-likeness (QED) is 0.605. The van der Waals surface area contributed by atoms with Crippen molar-refractivity contribution in [2.24, 2.45) is 5.92 Å². The van der Waals surface area contributed by atoms with Gasteiger partial charge in [-0.1, -0.05) is 66.7 Å². The van der Waals surface area contributed by atoms with Crippen LogP contribution >= 0.6 is 0 Å². The van der Waals surface area contributed by atoms with Crippen LogP contribution < -0.4 is 0 Å². The van der Waals surface area contributed by atoms with Crippen LogP contribution in [0.2, 0.25) is 0 Å². The molecule has 0 heterocycles. The van der Waals surface area contributed by atoms with Gasteiger partial charge in [0.2, 0.25) is 0 Å². The lowest BCUT2D eigenvalue weighted by Crippen LogP contribution is -2.29. The lowest BCUT2D eigenvalue weighted by atomic mass is 9.66. The van der Waals surface area contributed by atoms with Crippen LogP contribution in [-0.2, 0) is 16.2 Å². The van der Waals surface area contributed by atoms with Crippen molar-refractivity contribution in [1.29, 1.82) is 0 Å². The van der Waals surface area contributed by atoms with E-state index in [4.69, 9.17) is 0 Å². The summed E-state index contributed by atoms with van der Waals surface area (Å²) in [6.07, 6.45) is 6.95. The van der Waals surface area contributed by atoms with Crippen molar-refractivity contribution in [2.75, 3.05) is 0 Å². The third-order valence-corrected chi connectivity index (χ3v) is 5.89. The van der Waals surface area contributed by atoms with Crippen molar-refractivity contribution >= 4 is 0 Å². The minimum atomic E-state index is -0.0607. The van der Waals surface area contributed by atoms with Gasteiger partial charge in [0, 0.05) is 0 Å². The van der Waals surface area contributed by atoms with Crippen LogP contribution in [-0.4, -0.2) is 5.11 Å². The van der Waals surface area contributed by atoms with Crippen molar-refractivity contribution < 1.29 is 5.11 Å². The first-order chi connectivity index (χ1) is 10.9. The second-order valence-electron chi connectivity index (χ2n) is 10.1. The van der Waals surface area contributed by atoms with Gasteiger partial charge in [0.25, 0.3) is 0 Å². The van der Waals surface area contributed by atoms with E-state index in [1.54, 1.807) is 0 Å². The molecule has 0 amide bonds. The summed E-state index contributed by atoms with van der Waals surface area (Å²) in [5.74, 6) is 1.15. The van der Waals surface area contributed by atoms with Crippen LogP contribution in [0.15, 0.2) is 24.8 Å². The fourth-order valence-corrected chi connectivity index (χ4v) is 3.93. The number of phenols is 1. The molecule has 1 fully saturated rings. The van der Waals surface area contributed by atoms with Gasteiger partial charge in [0.15, 0.2) is 0 Å². The molecule has 0 atom stereocenters. The number of hydrogen-bond donors (Lipinski definition) is 1. The molecule has 1 nitrogen and oxygen atoms in total. The van der Waals surface area contributed by atoms with Gasteiger partial charge < -0.3 is 5.11 Å². The van der Waals surface area contributed by atoms with Crippen LogP contribution in [0.1, 0.15) is 90.8 Å². The average Bonchev–Trinajstić information content (AvgIpc) is 2.45. The molecule has 0 aromatic heterocycles. The maximum Gasteiger partial charge on any atom is 0.123 e. The SMILES string of the molecule is C=CC1CCC(C)(c2cc(C(C)(C)C)c(O)c(C(C)(C)C)c2)CC1. The average molecular weight is 329 g/mol. The van der Waals surface area contributed by atoms with Gasteiger partial charge in [-0.25, -0.2) is 0 Å². The van der Waals surface area contributed by atoms with Gasteiger partial charge in [0.05, 0.1) is 0 Å². The number of allylic oxidation sites excluding steroid dienone is 1. The second-order valence-corrected chi connectivity index (χ2v) is 10.1. The number of phenolic OH excluding ortho intramolecular Hbond substituents is 1. The molecule has 0 aliphatic heterocycles. The van der Waals surface area contributed by atoms with E-state index in [9.17, 15) is 5.11 Å². The van der Waals surface area contributed by atoms with Crippen LogP contribution in [0.25, 0.3) is 0 Å². The van der Waals surface area contributed by atoms with E-state index < -0.39 is 0 Å². The molecule has 0 spiro atoms. The third kappa shape index (κ3) is 3.71. The maximum atomic E-state index is 10.9. The number of hydrogen-bond acceptors (Lipinski definition) is 1. The normalized spacial score (nSPS) is 25.5. The highest BCUT2D eigenvalue weighted by Crippen LogP contribution is 2.46. The zero-order valence-electron chi connectivity index (χ0n) is 16.8. The Hall–Kier alpha value is -1.24. The van der Waals surface area contributed by atoms with Crippen LogP contribution in [0.3, 0.4) is 0 Å². The zero-order valence-corrected chi connectivity index (χ0v) is 16.8. The van der Waals surface area contributed by atoms with Gasteiger partial charge in [-0.2, -0.15) is 0 Å². The molecule has 1 aromatic rings. The summed E-state index contributed by atoms with van der Waals surface area (Å²) in [4.78, 5) is 0. The van der Waals surface area contributed by atoms with Gasteiger partial charge in [-0.3, -0.25) is 0 Å². The molecular weight excluding hydrogens is 292 g/mol. The van der Waals surface area contributed by atoms with Crippen molar-refractivity contribution in [1.82, 2.24) is 0 Å². The third-order valence-electron chi connectivity index (χ3n) is 5.89. The highest BCUT2D eigenvalue weighted by atomic mass is 16.3. The van der Waals surface area contributed by atoms with Crippen molar-refractivity contribution in [3.63, 3.8) is 0 Å². The topological polar surface area (TPSA) is 20.2 Å². The molecule has 0 unspecified atom stereocenters. The van der Waals surface area contributed by atoms with E-state index in [-0.39, 0.29) is 16.2 Å². The summed E-state index contributed by atoms with van der Waals surface area (Å²) in [6, 6.07) is 4.55. The van der Waals surface area contributed by atoms with E-state index in [0.29, 0.717) is 11.7 Å². The molecular formula is C23H36O. The lowest BCUT2D eigenvalue weighted by Gasteiger charge is -2.39. The van der Waals surface area contributed by atoms with Crippen LogP contribution in [0.4, 0.5) is 0 Å². The number of benzene rings is 1. The molecule has 1 aliphatic carbocycles. The molecule has 24 heavy (non-hydrogen) atoms. The molecule has 0 radical (unpaired) electrons. The lowest BCUT2D eigenvalue weighted by molar-refractivity contribution is 0.277. The Labute approximate surface area is 149 Å². The smallest absolute Gasteiger partial charge is 0.123 e. The Kier molecular flexibility index (Phi) is 4.97. The molecule has 1 N–H and O–H groups in total. The summed E-state index contributed by atoms with van der Waals surface area (Å²) >= 11 is 0. The molecule has 0 saturated heterocycles. The predicted octanol–water partition coefficient (Wildman–Crippen LogP) is 6.62. The fraction of sp³-hybridized carbons (Fsp3) is 0.652. The molecule has 1 heteroatoms. The zero-order chi connectivity index (χ0) is 18.3. The van der Waals surface area contributed by atoms with E-state index >= 15 is 0 Å². The summed E-state index contributed by atoms with van der Waals surface area (Å²) in [5, 5.41) is 10.9. The first-order valence-electron chi connectivity index (χ1n) is 9.39. The summed E-state index contributed by atoms with van der Waals surface area (Å²) in [7, 11) is 0. The Balaban J connectivity index is 2.57. The van der Waals surface area contributed by atoms with Crippen molar-refractivity contribution in [2.45, 2.75) is 90.4 Å². The number of aromatic hydroxyl groups is 1. The van der Waals surface area contributed by atoms with E-state index in [0.717, 1.165) is 11.1 Å². The Morgan fingerprint density at radius 3 is 1.75 bits per heavy atom. The molecule has 134 valence electrons.